The molecule has 0 fully saturated rings. The molecule has 0 saturated heterocycles. The first-order valence-corrected chi connectivity index (χ1v) is 5.81. The van der Waals surface area contributed by atoms with Gasteiger partial charge in [-0.2, -0.15) is 0 Å². The molecule has 0 aromatic carbocycles. The number of carboxylic acid groups (broad SMARTS) is 1. The molecule has 0 spiro atoms. The first kappa shape index (κ1) is 13.6. The van der Waals surface area contributed by atoms with E-state index >= 15 is 0 Å². The molecule has 1 heterocycles. The summed E-state index contributed by atoms with van der Waals surface area (Å²) in [6.07, 6.45) is 2.83. The molecule has 6 heteroatoms. The summed E-state index contributed by atoms with van der Waals surface area (Å²) in [4.78, 5) is 11.0. The number of unbranched alkanes of at least 4 members (excludes halogenated alkanes) is 2. The van der Waals surface area contributed by atoms with Gasteiger partial charge in [-0.3, -0.25) is 0 Å². The fourth-order valence-electron chi connectivity index (χ4n) is 1.66. The Hall–Kier alpha value is -1.43. The van der Waals surface area contributed by atoms with Crippen molar-refractivity contribution in [2.45, 2.75) is 45.8 Å². The van der Waals surface area contributed by atoms with Crippen LogP contribution in [0.1, 0.15) is 55.4 Å². The monoisotopic (exact) mass is 241 g/mol. The minimum absolute atomic E-state index is 0.0177. The molecule has 0 aliphatic rings. The summed E-state index contributed by atoms with van der Waals surface area (Å²) in [5.74, 6) is -1.06. The molecule has 0 aliphatic carbocycles. The standard InChI is InChI=1S/C11H19N3O3/c1-4-5-6-7-14-10(8(2)17-3)9(11(15)16)12-13-14/h8H,4-7H2,1-3H3,(H,15,16). The van der Waals surface area contributed by atoms with Crippen molar-refractivity contribution in [3.05, 3.63) is 11.4 Å². The molecule has 1 atom stereocenters. The van der Waals surface area contributed by atoms with E-state index in [0.29, 0.717) is 12.2 Å². The van der Waals surface area contributed by atoms with Gasteiger partial charge in [0, 0.05) is 13.7 Å². The van der Waals surface area contributed by atoms with Gasteiger partial charge in [-0.05, 0) is 13.3 Å². The van der Waals surface area contributed by atoms with Crippen LogP contribution in [-0.4, -0.2) is 33.2 Å². The van der Waals surface area contributed by atoms with Gasteiger partial charge in [0.05, 0.1) is 6.10 Å². The SMILES string of the molecule is CCCCCn1nnc(C(=O)O)c1C(C)OC. The lowest BCUT2D eigenvalue weighted by Gasteiger charge is -2.12. The lowest BCUT2D eigenvalue weighted by molar-refractivity contribution is 0.0673. The molecule has 1 unspecified atom stereocenters. The number of aromatic nitrogens is 3. The van der Waals surface area contributed by atoms with E-state index in [1.54, 1.807) is 18.7 Å². The first-order valence-electron chi connectivity index (χ1n) is 5.81. The Morgan fingerprint density at radius 2 is 2.24 bits per heavy atom. The zero-order valence-electron chi connectivity index (χ0n) is 10.5. The smallest absolute Gasteiger partial charge is 0.358 e. The van der Waals surface area contributed by atoms with Gasteiger partial charge in [-0.1, -0.05) is 25.0 Å². The summed E-state index contributed by atoms with van der Waals surface area (Å²) in [6.45, 7) is 4.58. The maximum absolute atomic E-state index is 11.0. The van der Waals surface area contributed by atoms with Crippen LogP contribution in [0.3, 0.4) is 0 Å². The van der Waals surface area contributed by atoms with Gasteiger partial charge in [-0.15, -0.1) is 5.10 Å². The Morgan fingerprint density at radius 3 is 2.76 bits per heavy atom. The lowest BCUT2D eigenvalue weighted by Crippen LogP contribution is -2.12. The predicted molar refractivity (Wildman–Crippen MR) is 61.9 cm³/mol. The van der Waals surface area contributed by atoms with Crippen molar-refractivity contribution in [3.8, 4) is 0 Å². The summed E-state index contributed by atoms with van der Waals surface area (Å²) in [7, 11) is 1.54. The van der Waals surface area contributed by atoms with Crippen LogP contribution >= 0.6 is 0 Å². The van der Waals surface area contributed by atoms with Gasteiger partial charge in [0.1, 0.15) is 5.69 Å². The van der Waals surface area contributed by atoms with Gasteiger partial charge >= 0.3 is 5.97 Å². The second-order valence-electron chi connectivity index (χ2n) is 3.94. The van der Waals surface area contributed by atoms with Crippen LogP contribution in [0.25, 0.3) is 0 Å². The zero-order valence-corrected chi connectivity index (χ0v) is 10.5. The van der Waals surface area contributed by atoms with E-state index in [4.69, 9.17) is 9.84 Å². The molecule has 0 saturated carbocycles. The van der Waals surface area contributed by atoms with E-state index in [-0.39, 0.29) is 11.8 Å². The van der Waals surface area contributed by atoms with Crippen molar-refractivity contribution in [3.63, 3.8) is 0 Å². The molecule has 1 rings (SSSR count). The fourth-order valence-corrected chi connectivity index (χ4v) is 1.66. The highest BCUT2D eigenvalue weighted by Crippen LogP contribution is 2.19. The quantitative estimate of drug-likeness (QED) is 0.737. The maximum Gasteiger partial charge on any atom is 0.358 e. The Balaban J connectivity index is 2.92. The van der Waals surface area contributed by atoms with E-state index in [1.165, 1.54) is 0 Å². The molecule has 6 nitrogen and oxygen atoms in total. The average Bonchev–Trinajstić information content (AvgIpc) is 2.72. The van der Waals surface area contributed by atoms with Crippen molar-refractivity contribution >= 4 is 5.97 Å². The van der Waals surface area contributed by atoms with E-state index in [9.17, 15) is 4.79 Å². The molecule has 1 aromatic rings. The summed E-state index contributed by atoms with van der Waals surface area (Å²) < 4.78 is 6.80. The molecule has 0 aliphatic heterocycles. The predicted octanol–water partition coefficient (Wildman–Crippen LogP) is 1.87. The van der Waals surface area contributed by atoms with Crippen LogP contribution in [0.4, 0.5) is 0 Å². The zero-order chi connectivity index (χ0) is 12.8. The topological polar surface area (TPSA) is 77.2 Å². The number of nitrogens with zero attached hydrogens (tertiary/aromatic N) is 3. The van der Waals surface area contributed by atoms with E-state index in [2.05, 4.69) is 17.2 Å². The van der Waals surface area contributed by atoms with Gasteiger partial charge in [0.2, 0.25) is 0 Å². The largest absolute Gasteiger partial charge is 0.476 e. The van der Waals surface area contributed by atoms with Crippen molar-refractivity contribution in [2.75, 3.05) is 7.11 Å². The summed E-state index contributed by atoms with van der Waals surface area (Å²) in [5.41, 5.74) is 0.520. The highest BCUT2D eigenvalue weighted by atomic mass is 16.5. The fraction of sp³-hybridized carbons (Fsp3) is 0.727. The van der Waals surface area contributed by atoms with Gasteiger partial charge < -0.3 is 9.84 Å². The van der Waals surface area contributed by atoms with Gasteiger partial charge in [-0.25, -0.2) is 9.48 Å². The average molecular weight is 241 g/mol. The summed E-state index contributed by atoms with van der Waals surface area (Å²) in [5, 5.41) is 16.6. The van der Waals surface area contributed by atoms with Crippen LogP contribution in [0.2, 0.25) is 0 Å². The maximum atomic E-state index is 11.0. The number of hydrogen-bond donors (Lipinski definition) is 1. The van der Waals surface area contributed by atoms with E-state index in [1.807, 2.05) is 0 Å². The number of rotatable bonds is 7. The van der Waals surface area contributed by atoms with Crippen LogP contribution in [0.15, 0.2) is 0 Å². The number of hydrogen-bond acceptors (Lipinski definition) is 4. The lowest BCUT2D eigenvalue weighted by atomic mass is 10.2. The van der Waals surface area contributed by atoms with Crippen molar-refractivity contribution < 1.29 is 14.6 Å². The molecule has 0 bridgehead atoms. The molecule has 1 aromatic heterocycles. The number of aryl methyl sites for hydroxylation is 1. The van der Waals surface area contributed by atoms with Crippen molar-refractivity contribution in [2.24, 2.45) is 0 Å². The summed E-state index contributed by atoms with van der Waals surface area (Å²) >= 11 is 0. The van der Waals surface area contributed by atoms with E-state index < -0.39 is 5.97 Å². The molecule has 1 N–H and O–H groups in total. The van der Waals surface area contributed by atoms with Crippen LogP contribution in [0, 0.1) is 0 Å². The molecule has 96 valence electrons. The number of aromatic carboxylic acids is 1. The third kappa shape index (κ3) is 3.26. The number of methoxy groups -OCH3 is 1. The van der Waals surface area contributed by atoms with Crippen LogP contribution < -0.4 is 0 Å². The molecule has 17 heavy (non-hydrogen) atoms. The third-order valence-electron chi connectivity index (χ3n) is 2.69. The third-order valence-corrected chi connectivity index (χ3v) is 2.69. The van der Waals surface area contributed by atoms with E-state index in [0.717, 1.165) is 19.3 Å². The van der Waals surface area contributed by atoms with Crippen LogP contribution in [0.5, 0.6) is 0 Å². The number of ether oxygens (including phenoxy) is 1. The molecular formula is C11H19N3O3. The normalized spacial score (nSPS) is 12.6. The number of carboxylic acids is 1. The van der Waals surface area contributed by atoms with Gasteiger partial charge in [0.25, 0.3) is 0 Å². The first-order chi connectivity index (χ1) is 8.11. The van der Waals surface area contributed by atoms with Crippen molar-refractivity contribution in [1.82, 2.24) is 15.0 Å². The second kappa shape index (κ2) is 6.34. The highest BCUT2D eigenvalue weighted by Gasteiger charge is 2.23. The summed E-state index contributed by atoms with van der Waals surface area (Å²) in [6, 6.07) is 0. The Bertz CT molecular complexity index is 376. The number of carbonyl (C=O) groups is 1. The van der Waals surface area contributed by atoms with Crippen molar-refractivity contribution in [1.29, 1.82) is 0 Å². The molecule has 0 amide bonds. The van der Waals surface area contributed by atoms with Crippen LogP contribution in [-0.2, 0) is 11.3 Å². The minimum Gasteiger partial charge on any atom is -0.476 e. The second-order valence-corrected chi connectivity index (χ2v) is 3.94. The Kier molecular flexibility index (Phi) is 5.09. The Labute approximate surface area is 101 Å². The minimum atomic E-state index is -1.06. The Morgan fingerprint density at radius 1 is 1.53 bits per heavy atom. The highest BCUT2D eigenvalue weighted by molar-refractivity contribution is 5.86. The van der Waals surface area contributed by atoms with Gasteiger partial charge in [0.15, 0.2) is 5.69 Å². The molecule has 0 radical (unpaired) electrons. The molecular weight excluding hydrogens is 222 g/mol.